The van der Waals surface area contributed by atoms with Gasteiger partial charge in [0, 0.05) is 12.2 Å². The lowest BCUT2D eigenvalue weighted by molar-refractivity contribution is -0.145. The van der Waals surface area contributed by atoms with Crippen molar-refractivity contribution in [2.45, 2.75) is 96.5 Å². The van der Waals surface area contributed by atoms with Crippen LogP contribution in [0.2, 0.25) is 0 Å². The summed E-state index contributed by atoms with van der Waals surface area (Å²) in [7, 11) is 0. The van der Waals surface area contributed by atoms with E-state index in [1.165, 1.54) is 11.6 Å². The normalized spacial score (nSPS) is 16.5. The summed E-state index contributed by atoms with van der Waals surface area (Å²) in [6.45, 7) is 9.40. The van der Waals surface area contributed by atoms with E-state index in [1.54, 1.807) is 12.1 Å². The molecule has 8 nitrogen and oxygen atoms in total. The molecule has 1 saturated carbocycles. The van der Waals surface area contributed by atoms with Crippen LogP contribution in [0.4, 0.5) is 0 Å². The molecular weight excluding hydrogens is 584 g/mol. The second kappa shape index (κ2) is 20.0. The number of rotatable bonds is 19. The quantitative estimate of drug-likeness (QED) is 0.0661. The molecule has 0 saturated heterocycles. The Hall–Kier alpha value is -4.20. The second-order valence-electron chi connectivity index (χ2n) is 11.8. The van der Waals surface area contributed by atoms with E-state index in [1.807, 2.05) is 36.4 Å². The lowest BCUT2D eigenvalue weighted by Gasteiger charge is -2.26. The number of ether oxygens (including phenoxy) is 4. The number of hydrogen-bond acceptors (Lipinski definition) is 8. The van der Waals surface area contributed by atoms with Gasteiger partial charge in [0.1, 0.15) is 17.6 Å². The first kappa shape index (κ1) is 36.3. The molecule has 1 aliphatic carbocycles. The fraction of sp³-hybridized carbons (Fsp3) is 0.474. The molecule has 2 aromatic rings. The highest BCUT2D eigenvalue weighted by Gasteiger charge is 2.32. The molecule has 0 bridgehead atoms. The molecule has 1 atom stereocenters. The molecule has 0 amide bonds. The number of benzene rings is 2. The molecule has 0 aromatic heterocycles. The lowest BCUT2D eigenvalue weighted by Crippen LogP contribution is -2.30. The first-order valence-electron chi connectivity index (χ1n) is 16.6. The van der Waals surface area contributed by atoms with E-state index in [-0.39, 0.29) is 35.8 Å². The van der Waals surface area contributed by atoms with Crippen LogP contribution in [0.1, 0.15) is 101 Å². The fourth-order valence-corrected chi connectivity index (χ4v) is 5.52. The average molecular weight is 633 g/mol. The molecule has 0 radical (unpaired) electrons. The molecule has 3 rings (SSSR count). The van der Waals surface area contributed by atoms with E-state index < -0.39 is 5.97 Å². The summed E-state index contributed by atoms with van der Waals surface area (Å²) in [5.74, 6) is -0.983. The zero-order chi connectivity index (χ0) is 33.1. The maximum absolute atomic E-state index is 12.9. The summed E-state index contributed by atoms with van der Waals surface area (Å²) >= 11 is 0. The van der Waals surface area contributed by atoms with Crippen molar-refractivity contribution in [1.82, 2.24) is 0 Å². The molecule has 8 heteroatoms. The van der Waals surface area contributed by atoms with Crippen molar-refractivity contribution in [2.24, 2.45) is 11.8 Å². The Balaban J connectivity index is 1.37. The predicted molar refractivity (Wildman–Crippen MR) is 176 cm³/mol. The topological polar surface area (TPSA) is 105 Å². The average Bonchev–Trinajstić information content (AvgIpc) is 3.08. The SMILES string of the molecule is C=CC(=O)OCCCCCCc1ccc(OC(=O)C2CCC(C(=O)Oc3ccc(C(CCCCC)OC(=O)C=C)cc3)CC2)cc1. The van der Waals surface area contributed by atoms with Crippen molar-refractivity contribution in [3.63, 3.8) is 0 Å². The largest absolute Gasteiger partial charge is 0.463 e. The molecule has 0 spiro atoms. The molecular formula is C38H48O8. The lowest BCUT2D eigenvalue weighted by atomic mass is 9.82. The van der Waals surface area contributed by atoms with E-state index in [2.05, 4.69) is 20.1 Å². The van der Waals surface area contributed by atoms with Crippen LogP contribution in [0.15, 0.2) is 73.8 Å². The van der Waals surface area contributed by atoms with E-state index >= 15 is 0 Å². The van der Waals surface area contributed by atoms with Crippen molar-refractivity contribution in [2.75, 3.05) is 6.61 Å². The van der Waals surface area contributed by atoms with E-state index in [0.717, 1.165) is 63.0 Å². The van der Waals surface area contributed by atoms with Crippen LogP contribution in [0, 0.1) is 11.8 Å². The van der Waals surface area contributed by atoms with Gasteiger partial charge in [0.15, 0.2) is 0 Å². The third kappa shape index (κ3) is 12.7. The van der Waals surface area contributed by atoms with E-state index in [9.17, 15) is 19.2 Å². The van der Waals surface area contributed by atoms with Crippen molar-refractivity contribution >= 4 is 23.9 Å². The molecule has 2 aromatic carbocycles. The minimum absolute atomic E-state index is 0.253. The Bertz CT molecular complexity index is 1270. The molecule has 0 heterocycles. The zero-order valence-electron chi connectivity index (χ0n) is 27.1. The van der Waals surface area contributed by atoms with Crippen molar-refractivity contribution in [3.8, 4) is 11.5 Å². The van der Waals surface area contributed by atoms with Gasteiger partial charge in [0.2, 0.25) is 0 Å². The molecule has 0 N–H and O–H groups in total. The van der Waals surface area contributed by atoms with Gasteiger partial charge < -0.3 is 18.9 Å². The van der Waals surface area contributed by atoms with Gasteiger partial charge in [-0.05, 0) is 93.2 Å². The summed E-state index contributed by atoms with van der Waals surface area (Å²) in [5, 5.41) is 0. The van der Waals surface area contributed by atoms with Gasteiger partial charge in [-0.25, -0.2) is 9.59 Å². The standard InChI is InChI=1S/C38H48O8/c1-4-7-10-14-34(46-36(40)6-3)29-21-25-33(26-22-29)45-38(42)31-19-17-30(18-20-31)37(41)44-32-23-15-28(16-24-32)13-11-8-9-12-27-43-35(39)5-2/h5-6,15-16,21-26,30-31,34H,2-4,7-14,17-20,27H2,1H3. The van der Waals surface area contributed by atoms with Crippen LogP contribution in [0.5, 0.6) is 11.5 Å². The van der Waals surface area contributed by atoms with Gasteiger partial charge in [0.25, 0.3) is 0 Å². The van der Waals surface area contributed by atoms with Gasteiger partial charge in [-0.3, -0.25) is 9.59 Å². The zero-order valence-corrected chi connectivity index (χ0v) is 27.1. The molecule has 1 aliphatic rings. The number of esters is 4. The van der Waals surface area contributed by atoms with E-state index in [0.29, 0.717) is 50.2 Å². The number of carbonyl (C=O) groups excluding carboxylic acids is 4. The highest BCUT2D eigenvalue weighted by molar-refractivity contribution is 5.81. The minimum atomic E-state index is -0.462. The maximum Gasteiger partial charge on any atom is 0.330 e. The van der Waals surface area contributed by atoms with Crippen LogP contribution in [0.25, 0.3) is 0 Å². The Labute approximate surface area is 273 Å². The fourth-order valence-electron chi connectivity index (χ4n) is 5.52. The van der Waals surface area contributed by atoms with Gasteiger partial charge >= 0.3 is 23.9 Å². The Kier molecular flexibility index (Phi) is 15.8. The molecule has 1 unspecified atom stereocenters. The summed E-state index contributed by atoms with van der Waals surface area (Å²) in [4.78, 5) is 48.6. The van der Waals surface area contributed by atoms with Crippen LogP contribution < -0.4 is 9.47 Å². The highest BCUT2D eigenvalue weighted by atomic mass is 16.5. The van der Waals surface area contributed by atoms with Crippen LogP contribution in [-0.4, -0.2) is 30.5 Å². The van der Waals surface area contributed by atoms with Crippen molar-refractivity contribution in [1.29, 1.82) is 0 Å². The summed E-state index contributed by atoms with van der Waals surface area (Å²) in [5.41, 5.74) is 2.02. The summed E-state index contributed by atoms with van der Waals surface area (Å²) in [6.07, 6.45) is 12.8. The van der Waals surface area contributed by atoms with Gasteiger partial charge in [-0.1, -0.05) is 70.0 Å². The maximum atomic E-state index is 12.9. The summed E-state index contributed by atoms with van der Waals surface area (Å²) < 4.78 is 21.8. The van der Waals surface area contributed by atoms with Crippen LogP contribution >= 0.6 is 0 Å². The number of carbonyl (C=O) groups is 4. The Morgan fingerprint density at radius 1 is 0.717 bits per heavy atom. The van der Waals surface area contributed by atoms with E-state index in [4.69, 9.17) is 18.9 Å². The number of hydrogen-bond donors (Lipinski definition) is 0. The molecule has 1 fully saturated rings. The van der Waals surface area contributed by atoms with Gasteiger partial charge in [0.05, 0.1) is 18.4 Å². The third-order valence-electron chi connectivity index (χ3n) is 8.27. The second-order valence-corrected chi connectivity index (χ2v) is 11.8. The number of aryl methyl sites for hydroxylation is 1. The highest BCUT2D eigenvalue weighted by Crippen LogP contribution is 2.32. The third-order valence-corrected chi connectivity index (χ3v) is 8.27. The van der Waals surface area contributed by atoms with Crippen molar-refractivity contribution in [3.05, 3.63) is 85.0 Å². The monoisotopic (exact) mass is 632 g/mol. The molecule has 248 valence electrons. The minimum Gasteiger partial charge on any atom is -0.463 e. The first-order chi connectivity index (χ1) is 22.3. The van der Waals surface area contributed by atoms with Gasteiger partial charge in [-0.15, -0.1) is 0 Å². The molecule has 46 heavy (non-hydrogen) atoms. The first-order valence-corrected chi connectivity index (χ1v) is 16.6. The summed E-state index contributed by atoms with van der Waals surface area (Å²) in [6, 6.07) is 14.7. The number of unbranched alkanes of at least 4 members (excludes halogenated alkanes) is 5. The van der Waals surface area contributed by atoms with Crippen LogP contribution in [-0.2, 0) is 35.1 Å². The smallest absolute Gasteiger partial charge is 0.330 e. The van der Waals surface area contributed by atoms with Gasteiger partial charge in [-0.2, -0.15) is 0 Å². The predicted octanol–water partition coefficient (Wildman–Crippen LogP) is 8.19. The van der Waals surface area contributed by atoms with Crippen LogP contribution in [0.3, 0.4) is 0 Å². The Morgan fingerprint density at radius 2 is 1.26 bits per heavy atom. The molecule has 0 aliphatic heterocycles. The Morgan fingerprint density at radius 3 is 1.80 bits per heavy atom. The van der Waals surface area contributed by atoms with Crippen molar-refractivity contribution < 1.29 is 38.1 Å².